The number of hydrogen-bond donors (Lipinski definition) is 0. The van der Waals surface area contributed by atoms with E-state index in [2.05, 4.69) is 28.7 Å². The van der Waals surface area contributed by atoms with Gasteiger partial charge in [0.25, 0.3) is 0 Å². The topological polar surface area (TPSA) is 42.2 Å². The van der Waals surface area contributed by atoms with Crippen molar-refractivity contribution in [2.24, 2.45) is 0 Å². The molecule has 0 amide bonds. The fourth-order valence-corrected chi connectivity index (χ4v) is 3.74. The molecule has 6 heteroatoms. The van der Waals surface area contributed by atoms with Gasteiger partial charge in [-0.15, -0.1) is 0 Å². The second-order valence-electron chi connectivity index (χ2n) is 6.36. The molecule has 0 bridgehead atoms. The summed E-state index contributed by atoms with van der Waals surface area (Å²) in [5.41, 5.74) is 2.83. The highest BCUT2D eigenvalue weighted by Gasteiger charge is 2.13. The molecule has 30 heavy (non-hydrogen) atoms. The van der Waals surface area contributed by atoms with Gasteiger partial charge in [-0.3, -0.25) is 0 Å². The monoisotopic (exact) mass is 533 g/mol. The van der Waals surface area contributed by atoms with Gasteiger partial charge in [0.05, 0.1) is 21.8 Å². The molecule has 0 aromatic heterocycles. The Morgan fingerprint density at radius 2 is 1.90 bits per heavy atom. The van der Waals surface area contributed by atoms with E-state index in [1.165, 1.54) is 12.1 Å². The number of benzene rings is 3. The van der Waals surface area contributed by atoms with Crippen LogP contribution in [-0.4, -0.2) is 6.61 Å². The minimum Gasteiger partial charge on any atom is -0.490 e. The first kappa shape index (κ1) is 22.1. The minimum atomic E-state index is -0.303. The normalized spacial score (nSPS) is 11.1. The summed E-state index contributed by atoms with van der Waals surface area (Å²) in [6.07, 6.45) is 1.80. The lowest BCUT2D eigenvalue weighted by Crippen LogP contribution is -2.02. The van der Waals surface area contributed by atoms with Crippen molar-refractivity contribution in [3.8, 4) is 17.6 Å². The first-order chi connectivity index (χ1) is 14.5. The van der Waals surface area contributed by atoms with E-state index in [0.717, 1.165) is 20.3 Å². The lowest BCUT2D eigenvalue weighted by atomic mass is 10.0. The predicted molar refractivity (Wildman–Crippen MR) is 126 cm³/mol. The zero-order valence-corrected chi connectivity index (χ0v) is 19.1. The summed E-state index contributed by atoms with van der Waals surface area (Å²) in [6.45, 7) is 2.57. The van der Waals surface area contributed by atoms with Gasteiger partial charge in [-0.25, -0.2) is 4.39 Å². The molecule has 0 atom stereocenters. The van der Waals surface area contributed by atoms with Gasteiger partial charge in [0, 0.05) is 5.02 Å². The molecule has 0 fully saturated rings. The van der Waals surface area contributed by atoms with E-state index in [1.807, 2.05) is 31.2 Å². The Kier molecular flexibility index (Phi) is 7.72. The van der Waals surface area contributed by atoms with E-state index < -0.39 is 0 Å². The van der Waals surface area contributed by atoms with Crippen LogP contribution in [0.5, 0.6) is 11.5 Å². The van der Waals surface area contributed by atoms with Gasteiger partial charge >= 0.3 is 0 Å². The predicted octanol–water partition coefficient (Wildman–Crippen LogP) is 7.13. The maximum atomic E-state index is 13.4. The molecule has 0 radical (unpaired) electrons. The fraction of sp³-hybridized carbons (Fsp3) is 0.125. The average molecular weight is 534 g/mol. The standard InChI is InChI=1S/C24H18ClFINO2/c1-2-29-23-13-17(10-19(14-28)18-6-8-20(25)9-7-18)12-22(27)24(23)30-15-16-4-3-5-21(26)11-16/h3-13H,2,15H2,1H3/b19-10+. The van der Waals surface area contributed by atoms with E-state index in [4.69, 9.17) is 21.1 Å². The van der Waals surface area contributed by atoms with Crippen molar-refractivity contribution in [1.82, 2.24) is 0 Å². The third-order valence-corrected chi connectivity index (χ3v) is 5.24. The second-order valence-corrected chi connectivity index (χ2v) is 7.96. The van der Waals surface area contributed by atoms with Crippen molar-refractivity contribution in [3.05, 3.63) is 91.8 Å². The van der Waals surface area contributed by atoms with Crippen LogP contribution in [0, 0.1) is 20.7 Å². The SMILES string of the molecule is CCOc1cc(/C=C(\C#N)c2ccc(Cl)cc2)cc(I)c1OCc1cccc(F)c1. The van der Waals surface area contributed by atoms with Gasteiger partial charge in [-0.2, -0.15) is 5.26 Å². The van der Waals surface area contributed by atoms with Crippen LogP contribution < -0.4 is 9.47 Å². The summed E-state index contributed by atoms with van der Waals surface area (Å²) in [6, 6.07) is 19.4. The maximum Gasteiger partial charge on any atom is 0.175 e. The molecule has 3 nitrogen and oxygen atoms in total. The molecule has 0 aliphatic heterocycles. The molecule has 0 saturated carbocycles. The van der Waals surface area contributed by atoms with E-state index >= 15 is 0 Å². The Hall–Kier alpha value is -2.56. The van der Waals surface area contributed by atoms with E-state index in [9.17, 15) is 9.65 Å². The van der Waals surface area contributed by atoms with Gasteiger partial charge in [0.15, 0.2) is 11.5 Å². The van der Waals surface area contributed by atoms with Gasteiger partial charge in [-0.1, -0.05) is 35.9 Å². The summed E-state index contributed by atoms with van der Waals surface area (Å²) < 4.78 is 26.0. The first-order valence-electron chi connectivity index (χ1n) is 9.21. The van der Waals surface area contributed by atoms with Crippen molar-refractivity contribution >= 4 is 45.8 Å². The van der Waals surface area contributed by atoms with Crippen molar-refractivity contribution < 1.29 is 13.9 Å². The Morgan fingerprint density at radius 3 is 2.57 bits per heavy atom. The zero-order valence-electron chi connectivity index (χ0n) is 16.2. The zero-order chi connectivity index (χ0) is 21.5. The smallest absolute Gasteiger partial charge is 0.175 e. The summed E-state index contributed by atoms with van der Waals surface area (Å²) in [5.74, 6) is 0.854. The van der Waals surface area contributed by atoms with Crippen molar-refractivity contribution in [1.29, 1.82) is 5.26 Å². The van der Waals surface area contributed by atoms with Crippen LogP contribution in [-0.2, 0) is 6.61 Å². The van der Waals surface area contributed by atoms with Crippen LogP contribution in [0.4, 0.5) is 4.39 Å². The van der Waals surface area contributed by atoms with Gasteiger partial charge in [0.1, 0.15) is 12.4 Å². The molecule has 3 rings (SSSR count). The second kappa shape index (κ2) is 10.5. The van der Waals surface area contributed by atoms with E-state index in [0.29, 0.717) is 28.7 Å². The van der Waals surface area contributed by atoms with Gasteiger partial charge in [0.2, 0.25) is 0 Å². The number of allylic oxidation sites excluding steroid dienone is 1. The lowest BCUT2D eigenvalue weighted by molar-refractivity contribution is 0.267. The first-order valence-corrected chi connectivity index (χ1v) is 10.7. The van der Waals surface area contributed by atoms with Crippen molar-refractivity contribution in [3.63, 3.8) is 0 Å². The number of ether oxygens (including phenoxy) is 2. The number of nitrogens with zero attached hydrogens (tertiary/aromatic N) is 1. The highest BCUT2D eigenvalue weighted by molar-refractivity contribution is 14.1. The summed E-state index contributed by atoms with van der Waals surface area (Å²) >= 11 is 8.11. The Labute approximate surface area is 193 Å². The molecule has 3 aromatic rings. The summed E-state index contributed by atoms with van der Waals surface area (Å²) in [5, 5.41) is 10.2. The number of hydrogen-bond acceptors (Lipinski definition) is 3. The molecule has 0 unspecified atom stereocenters. The molecule has 3 aromatic carbocycles. The highest BCUT2D eigenvalue weighted by Crippen LogP contribution is 2.36. The summed E-state index contributed by atoms with van der Waals surface area (Å²) in [7, 11) is 0. The molecule has 0 spiro atoms. The number of halogens is 3. The molecule has 0 N–H and O–H groups in total. The molecular weight excluding hydrogens is 516 g/mol. The fourth-order valence-electron chi connectivity index (χ4n) is 2.83. The molecule has 0 aliphatic carbocycles. The Morgan fingerprint density at radius 1 is 1.13 bits per heavy atom. The van der Waals surface area contributed by atoms with Gasteiger partial charge < -0.3 is 9.47 Å². The minimum absolute atomic E-state index is 0.219. The van der Waals surface area contributed by atoms with Crippen molar-refractivity contribution in [2.45, 2.75) is 13.5 Å². The van der Waals surface area contributed by atoms with Crippen LogP contribution in [0.3, 0.4) is 0 Å². The Bertz CT molecular complexity index is 1110. The lowest BCUT2D eigenvalue weighted by Gasteiger charge is -2.15. The third-order valence-electron chi connectivity index (χ3n) is 4.19. The van der Waals surface area contributed by atoms with Crippen LogP contribution in [0.1, 0.15) is 23.6 Å². The van der Waals surface area contributed by atoms with Crippen LogP contribution in [0.15, 0.2) is 60.7 Å². The van der Waals surface area contributed by atoms with Gasteiger partial charge in [-0.05, 0) is 88.7 Å². The number of nitriles is 1. The molecule has 0 aliphatic rings. The Balaban J connectivity index is 1.92. The highest BCUT2D eigenvalue weighted by atomic mass is 127. The largest absolute Gasteiger partial charge is 0.490 e. The third kappa shape index (κ3) is 5.74. The maximum absolute atomic E-state index is 13.4. The molecular formula is C24H18ClFINO2. The quantitative estimate of drug-likeness (QED) is 0.184. The van der Waals surface area contributed by atoms with E-state index in [1.54, 1.807) is 30.3 Å². The van der Waals surface area contributed by atoms with E-state index in [-0.39, 0.29) is 12.4 Å². The molecule has 152 valence electrons. The molecule has 0 heterocycles. The van der Waals surface area contributed by atoms with Crippen LogP contribution >= 0.6 is 34.2 Å². The number of rotatable bonds is 7. The molecule has 0 saturated heterocycles. The van der Waals surface area contributed by atoms with Crippen LogP contribution in [0.2, 0.25) is 5.02 Å². The average Bonchev–Trinajstić information content (AvgIpc) is 2.72. The van der Waals surface area contributed by atoms with Crippen LogP contribution in [0.25, 0.3) is 11.6 Å². The summed E-state index contributed by atoms with van der Waals surface area (Å²) in [4.78, 5) is 0. The van der Waals surface area contributed by atoms with Crippen molar-refractivity contribution in [2.75, 3.05) is 6.61 Å².